The lowest BCUT2D eigenvalue weighted by Crippen LogP contribution is -2.54. The molecule has 1 atom stereocenters. The van der Waals surface area contributed by atoms with Gasteiger partial charge < -0.3 is 19.5 Å². The number of benzene rings is 1. The van der Waals surface area contributed by atoms with Crippen LogP contribution in [0.15, 0.2) is 24.3 Å². The van der Waals surface area contributed by atoms with Gasteiger partial charge in [0.15, 0.2) is 0 Å². The van der Waals surface area contributed by atoms with E-state index in [1.54, 1.807) is 0 Å². The second-order valence-corrected chi connectivity index (χ2v) is 7.13. The van der Waals surface area contributed by atoms with Crippen molar-refractivity contribution >= 4 is 5.91 Å². The van der Waals surface area contributed by atoms with Crippen molar-refractivity contribution in [2.45, 2.75) is 25.4 Å². The highest BCUT2D eigenvalue weighted by molar-refractivity contribution is 5.78. The van der Waals surface area contributed by atoms with E-state index < -0.39 is 5.60 Å². The molecule has 0 spiro atoms. The van der Waals surface area contributed by atoms with Gasteiger partial charge in [-0.25, -0.2) is 0 Å². The van der Waals surface area contributed by atoms with Gasteiger partial charge in [0.25, 0.3) is 0 Å². The smallest absolute Gasteiger partial charge is 0.236 e. The number of carbonyl (C=O) groups is 1. The summed E-state index contributed by atoms with van der Waals surface area (Å²) in [6, 6.07) is 7.82. The fourth-order valence-electron chi connectivity index (χ4n) is 3.42. The number of carbonyl (C=O) groups excluding carboxylic acids is 1. The van der Waals surface area contributed by atoms with Crippen molar-refractivity contribution in [3.8, 4) is 5.75 Å². The van der Waals surface area contributed by atoms with Gasteiger partial charge in [0.1, 0.15) is 18.0 Å². The van der Waals surface area contributed by atoms with E-state index in [1.807, 2.05) is 41.0 Å². The van der Waals surface area contributed by atoms with Gasteiger partial charge in [0.05, 0.1) is 19.8 Å². The first-order valence-electron chi connectivity index (χ1n) is 9.04. The molecule has 6 heteroatoms. The fraction of sp³-hybridized carbons (Fsp3) is 0.632. The number of likely N-dealkylation sites (tertiary alicyclic amines) is 1. The summed E-state index contributed by atoms with van der Waals surface area (Å²) < 4.78 is 11.1. The molecule has 0 radical (unpaired) electrons. The Morgan fingerprint density at radius 3 is 2.68 bits per heavy atom. The van der Waals surface area contributed by atoms with Crippen LogP contribution in [0.25, 0.3) is 0 Å². The number of aryl methyl sites for hydroxylation is 1. The Morgan fingerprint density at radius 2 is 1.96 bits per heavy atom. The van der Waals surface area contributed by atoms with Crippen molar-refractivity contribution in [2.24, 2.45) is 0 Å². The monoisotopic (exact) mass is 348 g/mol. The number of ether oxygens (including phenoxy) is 2. The Morgan fingerprint density at radius 1 is 1.24 bits per heavy atom. The molecule has 1 amide bonds. The summed E-state index contributed by atoms with van der Waals surface area (Å²) in [7, 11) is 0. The molecule has 2 aliphatic rings. The first kappa shape index (κ1) is 18.2. The average molecular weight is 348 g/mol. The Bertz CT molecular complexity index is 571. The van der Waals surface area contributed by atoms with Crippen LogP contribution in [-0.4, -0.2) is 79.0 Å². The minimum Gasteiger partial charge on any atom is -0.491 e. The van der Waals surface area contributed by atoms with Crippen LogP contribution in [-0.2, 0) is 9.53 Å². The van der Waals surface area contributed by atoms with Gasteiger partial charge in [-0.2, -0.15) is 0 Å². The number of β-amino-alcohol motifs (C(OH)–C–C–N with tert-alkyl or cyclic N) is 1. The molecule has 1 N–H and O–H groups in total. The highest BCUT2D eigenvalue weighted by atomic mass is 16.5. The summed E-state index contributed by atoms with van der Waals surface area (Å²) in [5.41, 5.74) is 0.269. The summed E-state index contributed by atoms with van der Waals surface area (Å²) in [6.45, 7) is 6.48. The molecule has 2 aliphatic heterocycles. The second-order valence-electron chi connectivity index (χ2n) is 7.13. The van der Waals surface area contributed by atoms with Gasteiger partial charge >= 0.3 is 0 Å². The fourth-order valence-corrected chi connectivity index (χ4v) is 3.42. The van der Waals surface area contributed by atoms with Crippen molar-refractivity contribution in [1.29, 1.82) is 0 Å². The van der Waals surface area contributed by atoms with Gasteiger partial charge in [-0.3, -0.25) is 9.69 Å². The third-order valence-corrected chi connectivity index (χ3v) is 4.89. The SMILES string of the molecule is Cc1ccc(OC[C@@]2(O)CCCN(CC(=O)N3CCOCC3)C2)cc1. The lowest BCUT2D eigenvalue weighted by molar-refractivity contribution is -0.138. The molecule has 0 saturated carbocycles. The number of morpholine rings is 1. The topological polar surface area (TPSA) is 62.2 Å². The van der Waals surface area contributed by atoms with Crippen molar-refractivity contribution < 1.29 is 19.4 Å². The molecule has 25 heavy (non-hydrogen) atoms. The van der Waals surface area contributed by atoms with Gasteiger partial charge in [0.2, 0.25) is 5.91 Å². The van der Waals surface area contributed by atoms with Gasteiger partial charge in [-0.1, -0.05) is 17.7 Å². The molecule has 138 valence electrons. The van der Waals surface area contributed by atoms with Crippen molar-refractivity contribution in [1.82, 2.24) is 9.80 Å². The third kappa shape index (κ3) is 5.17. The number of hydrogen-bond donors (Lipinski definition) is 1. The van der Waals surface area contributed by atoms with E-state index in [0.717, 1.165) is 18.7 Å². The maximum absolute atomic E-state index is 12.4. The zero-order chi connectivity index (χ0) is 17.7. The molecule has 0 bridgehead atoms. The minimum absolute atomic E-state index is 0.118. The quantitative estimate of drug-likeness (QED) is 0.862. The van der Waals surface area contributed by atoms with E-state index in [2.05, 4.69) is 0 Å². The molecule has 2 heterocycles. The molecule has 1 aromatic rings. The molecule has 2 fully saturated rings. The summed E-state index contributed by atoms with van der Waals surface area (Å²) in [6.07, 6.45) is 1.56. The van der Waals surface area contributed by atoms with Gasteiger partial charge in [0, 0.05) is 19.6 Å². The van der Waals surface area contributed by atoms with Crippen LogP contribution in [0, 0.1) is 6.92 Å². The molecule has 0 aromatic heterocycles. The minimum atomic E-state index is -0.908. The van der Waals surface area contributed by atoms with Crippen LogP contribution >= 0.6 is 0 Å². The maximum Gasteiger partial charge on any atom is 0.236 e. The van der Waals surface area contributed by atoms with Crippen LogP contribution < -0.4 is 4.74 Å². The largest absolute Gasteiger partial charge is 0.491 e. The van der Waals surface area contributed by atoms with E-state index in [1.165, 1.54) is 5.56 Å². The second kappa shape index (κ2) is 8.17. The summed E-state index contributed by atoms with van der Waals surface area (Å²) in [4.78, 5) is 16.3. The zero-order valence-corrected chi connectivity index (χ0v) is 14.9. The number of amides is 1. The number of piperidine rings is 1. The molecule has 3 rings (SSSR count). The highest BCUT2D eigenvalue weighted by Crippen LogP contribution is 2.23. The Labute approximate surface area is 149 Å². The molecule has 0 aliphatic carbocycles. The van der Waals surface area contributed by atoms with E-state index in [0.29, 0.717) is 45.8 Å². The summed E-state index contributed by atoms with van der Waals surface area (Å²) in [5.74, 6) is 0.882. The molecular formula is C19H28N2O4. The lowest BCUT2D eigenvalue weighted by atomic mass is 9.93. The number of rotatable bonds is 5. The first-order valence-corrected chi connectivity index (χ1v) is 9.04. The molecule has 6 nitrogen and oxygen atoms in total. The highest BCUT2D eigenvalue weighted by Gasteiger charge is 2.35. The summed E-state index contributed by atoms with van der Waals surface area (Å²) in [5, 5.41) is 10.9. The van der Waals surface area contributed by atoms with Crippen LogP contribution in [0.4, 0.5) is 0 Å². The molecule has 0 unspecified atom stereocenters. The predicted molar refractivity (Wildman–Crippen MR) is 94.7 cm³/mol. The predicted octanol–water partition coefficient (Wildman–Crippen LogP) is 1.06. The number of hydrogen-bond acceptors (Lipinski definition) is 5. The van der Waals surface area contributed by atoms with E-state index in [9.17, 15) is 9.90 Å². The van der Waals surface area contributed by atoms with Crippen LogP contribution in [0.2, 0.25) is 0 Å². The normalized spacial score (nSPS) is 25.0. The average Bonchev–Trinajstić information content (AvgIpc) is 2.62. The van der Waals surface area contributed by atoms with E-state index in [4.69, 9.17) is 9.47 Å². The third-order valence-electron chi connectivity index (χ3n) is 4.89. The maximum atomic E-state index is 12.4. The van der Waals surface area contributed by atoms with Crippen molar-refractivity contribution in [3.05, 3.63) is 29.8 Å². The molecule has 2 saturated heterocycles. The molecule has 1 aromatic carbocycles. The van der Waals surface area contributed by atoms with E-state index in [-0.39, 0.29) is 12.5 Å². The Hall–Kier alpha value is -1.63. The first-order chi connectivity index (χ1) is 12.0. The Balaban J connectivity index is 1.50. The number of aliphatic hydroxyl groups is 1. The Kier molecular flexibility index (Phi) is 5.93. The van der Waals surface area contributed by atoms with Gasteiger partial charge in [-0.15, -0.1) is 0 Å². The molecular weight excluding hydrogens is 320 g/mol. The van der Waals surface area contributed by atoms with Crippen LogP contribution in [0.1, 0.15) is 18.4 Å². The van der Waals surface area contributed by atoms with Crippen LogP contribution in [0.5, 0.6) is 5.75 Å². The zero-order valence-electron chi connectivity index (χ0n) is 14.9. The van der Waals surface area contributed by atoms with Crippen LogP contribution in [0.3, 0.4) is 0 Å². The van der Waals surface area contributed by atoms with Crippen molar-refractivity contribution in [3.63, 3.8) is 0 Å². The standard InChI is InChI=1S/C19H28N2O4/c1-16-3-5-17(6-4-16)25-15-19(23)7-2-8-20(14-19)13-18(22)21-9-11-24-12-10-21/h3-6,23H,2,7-15H2,1H3/t19-/m1/s1. The summed E-state index contributed by atoms with van der Waals surface area (Å²) >= 11 is 0. The number of nitrogens with zero attached hydrogens (tertiary/aromatic N) is 2. The van der Waals surface area contributed by atoms with Crippen molar-refractivity contribution in [2.75, 3.05) is 52.5 Å². The lowest BCUT2D eigenvalue weighted by Gasteiger charge is -2.39. The van der Waals surface area contributed by atoms with Gasteiger partial charge in [-0.05, 0) is 38.4 Å². The van der Waals surface area contributed by atoms with E-state index >= 15 is 0 Å².